The maximum absolute atomic E-state index is 4.72. The Kier molecular flexibility index (Phi) is 4.30. The summed E-state index contributed by atoms with van der Waals surface area (Å²) in [7, 11) is 1.53. The van der Waals surface area contributed by atoms with Gasteiger partial charge < -0.3 is 4.84 Å². The van der Waals surface area contributed by atoms with Crippen molar-refractivity contribution in [1.29, 1.82) is 0 Å². The van der Waals surface area contributed by atoms with E-state index in [4.69, 9.17) is 4.84 Å². The van der Waals surface area contributed by atoms with Crippen LogP contribution in [0.4, 0.5) is 0 Å². The highest BCUT2D eigenvalue weighted by molar-refractivity contribution is 4.44. The molecule has 0 atom stereocenters. The van der Waals surface area contributed by atoms with E-state index in [0.717, 1.165) is 0 Å². The topological polar surface area (TPSA) is 21.7 Å². The van der Waals surface area contributed by atoms with Crippen LogP contribution in [0.5, 0.6) is 0 Å². The Labute approximate surface area is 49.4 Å². The van der Waals surface area contributed by atoms with Gasteiger partial charge in [-0.3, -0.25) is 4.84 Å². The van der Waals surface area contributed by atoms with E-state index in [1.54, 1.807) is 0 Å². The van der Waals surface area contributed by atoms with E-state index in [9.17, 15) is 0 Å². The molecule has 0 aliphatic rings. The van der Waals surface area contributed by atoms with E-state index < -0.39 is 0 Å². The summed E-state index contributed by atoms with van der Waals surface area (Å²) in [6.07, 6.45) is 1.31. The normalized spacial score (nSPS) is 9.38. The van der Waals surface area contributed by atoms with Crippen LogP contribution < -0.4 is 0 Å². The molecule has 0 spiro atoms. The largest absolute Gasteiger partial charge is 0.389 e. The molecule has 0 rings (SSSR count). The second-order valence-electron chi connectivity index (χ2n) is 1.10. The SMILES string of the molecule is C=CON(CC)OC. The van der Waals surface area contributed by atoms with Crippen molar-refractivity contribution in [3.8, 4) is 0 Å². The number of hydrogen-bond donors (Lipinski definition) is 0. The minimum Gasteiger partial charge on any atom is -0.389 e. The highest BCUT2D eigenvalue weighted by atomic mass is 16.9. The number of rotatable bonds is 4. The first-order valence-corrected chi connectivity index (χ1v) is 2.44. The maximum Gasteiger partial charge on any atom is 0.107 e. The molecule has 0 aromatic heterocycles. The van der Waals surface area contributed by atoms with Crippen LogP contribution in [0.15, 0.2) is 12.8 Å². The lowest BCUT2D eigenvalue weighted by Gasteiger charge is -2.13. The van der Waals surface area contributed by atoms with Crippen LogP contribution in [-0.2, 0) is 9.68 Å². The molecular weight excluding hydrogens is 106 g/mol. The van der Waals surface area contributed by atoms with Gasteiger partial charge in [0, 0.05) is 0 Å². The monoisotopic (exact) mass is 117 g/mol. The minimum atomic E-state index is 0.683. The van der Waals surface area contributed by atoms with Gasteiger partial charge in [0.15, 0.2) is 0 Å². The third kappa shape index (κ3) is 2.60. The predicted octanol–water partition coefficient (Wildman–Crippen LogP) is 0.945. The molecule has 0 unspecified atom stereocenters. The zero-order valence-electron chi connectivity index (χ0n) is 5.26. The number of hydroxylamine groups is 2. The van der Waals surface area contributed by atoms with E-state index in [1.807, 2.05) is 6.92 Å². The minimum absolute atomic E-state index is 0.683. The lowest BCUT2D eigenvalue weighted by Crippen LogP contribution is -2.19. The summed E-state index contributed by atoms with van der Waals surface area (Å²) >= 11 is 0. The third-order valence-corrected chi connectivity index (χ3v) is 0.654. The van der Waals surface area contributed by atoms with Crippen LogP contribution in [-0.4, -0.2) is 18.9 Å². The third-order valence-electron chi connectivity index (χ3n) is 0.654. The highest BCUT2D eigenvalue weighted by Crippen LogP contribution is 1.87. The van der Waals surface area contributed by atoms with Gasteiger partial charge in [0.1, 0.15) is 6.26 Å². The molecule has 0 aliphatic carbocycles. The van der Waals surface area contributed by atoms with Crippen molar-refractivity contribution >= 4 is 0 Å². The fourth-order valence-corrected chi connectivity index (χ4v) is 0.330. The summed E-state index contributed by atoms with van der Waals surface area (Å²) in [6.45, 7) is 5.95. The summed E-state index contributed by atoms with van der Waals surface area (Å²) in [4.78, 5) is 9.40. The molecule has 0 amide bonds. The number of hydrogen-bond acceptors (Lipinski definition) is 3. The van der Waals surface area contributed by atoms with Gasteiger partial charge in [-0.25, -0.2) is 0 Å². The Balaban J connectivity index is 3.20. The van der Waals surface area contributed by atoms with Crippen molar-refractivity contribution in [1.82, 2.24) is 5.23 Å². The molecule has 0 saturated carbocycles. The lowest BCUT2D eigenvalue weighted by molar-refractivity contribution is -0.325. The van der Waals surface area contributed by atoms with Crippen molar-refractivity contribution in [3.63, 3.8) is 0 Å². The van der Waals surface area contributed by atoms with Crippen molar-refractivity contribution in [2.45, 2.75) is 6.92 Å². The average molecular weight is 117 g/mol. The molecule has 0 N–H and O–H groups in total. The number of nitrogens with zero attached hydrogens (tertiary/aromatic N) is 1. The Hall–Kier alpha value is -0.540. The summed E-state index contributed by atoms with van der Waals surface area (Å²) in [5, 5.41) is 1.31. The van der Waals surface area contributed by atoms with Gasteiger partial charge in [0.2, 0.25) is 0 Å². The molecule has 0 bridgehead atoms. The Morgan fingerprint density at radius 2 is 2.38 bits per heavy atom. The second-order valence-corrected chi connectivity index (χ2v) is 1.10. The Morgan fingerprint density at radius 1 is 1.75 bits per heavy atom. The van der Waals surface area contributed by atoms with E-state index in [0.29, 0.717) is 6.54 Å². The molecule has 0 saturated heterocycles. The first-order valence-electron chi connectivity index (χ1n) is 2.44. The fourth-order valence-electron chi connectivity index (χ4n) is 0.330. The van der Waals surface area contributed by atoms with Gasteiger partial charge in [0.25, 0.3) is 0 Å². The quantitative estimate of drug-likeness (QED) is 0.404. The summed E-state index contributed by atoms with van der Waals surface area (Å²) in [5.41, 5.74) is 0. The summed E-state index contributed by atoms with van der Waals surface area (Å²) in [5.74, 6) is 0. The molecule has 0 radical (unpaired) electrons. The summed E-state index contributed by atoms with van der Waals surface area (Å²) < 4.78 is 0. The first-order chi connectivity index (χ1) is 3.85. The molecule has 0 heterocycles. The predicted molar refractivity (Wildman–Crippen MR) is 30.7 cm³/mol. The molecular formula is C5H11NO2. The smallest absolute Gasteiger partial charge is 0.107 e. The standard InChI is InChI=1S/C5H11NO2/c1-4-6(7-3)8-5-2/h5H,2,4H2,1,3H3. The molecule has 0 fully saturated rings. The molecule has 0 aromatic rings. The van der Waals surface area contributed by atoms with Crippen molar-refractivity contribution in [2.24, 2.45) is 0 Å². The van der Waals surface area contributed by atoms with Crippen LogP contribution >= 0.6 is 0 Å². The molecule has 48 valence electrons. The average Bonchev–Trinajstić information content (AvgIpc) is 1.83. The van der Waals surface area contributed by atoms with Crippen LogP contribution in [0.25, 0.3) is 0 Å². The van der Waals surface area contributed by atoms with Gasteiger partial charge in [-0.2, -0.15) is 0 Å². The van der Waals surface area contributed by atoms with Gasteiger partial charge in [-0.05, 0) is 12.2 Å². The maximum atomic E-state index is 4.72. The van der Waals surface area contributed by atoms with E-state index in [-0.39, 0.29) is 0 Å². The van der Waals surface area contributed by atoms with Crippen LogP contribution in [0.1, 0.15) is 6.92 Å². The Morgan fingerprint density at radius 3 is 2.50 bits per heavy atom. The van der Waals surface area contributed by atoms with Gasteiger partial charge >= 0.3 is 0 Å². The fraction of sp³-hybridized carbons (Fsp3) is 0.600. The van der Waals surface area contributed by atoms with Gasteiger partial charge in [-0.1, -0.05) is 6.58 Å². The molecule has 0 aromatic carbocycles. The van der Waals surface area contributed by atoms with E-state index in [1.165, 1.54) is 18.6 Å². The molecule has 8 heavy (non-hydrogen) atoms. The zero-order valence-corrected chi connectivity index (χ0v) is 5.26. The molecule has 0 aliphatic heterocycles. The van der Waals surface area contributed by atoms with Gasteiger partial charge in [0.05, 0.1) is 13.7 Å². The van der Waals surface area contributed by atoms with Crippen LogP contribution in [0.2, 0.25) is 0 Å². The second kappa shape index (κ2) is 4.61. The van der Waals surface area contributed by atoms with Crippen molar-refractivity contribution < 1.29 is 9.68 Å². The zero-order chi connectivity index (χ0) is 6.41. The summed E-state index contributed by atoms with van der Waals surface area (Å²) in [6, 6.07) is 0. The Bertz CT molecular complexity index is 61.4. The van der Waals surface area contributed by atoms with Crippen LogP contribution in [0.3, 0.4) is 0 Å². The van der Waals surface area contributed by atoms with Crippen molar-refractivity contribution in [3.05, 3.63) is 12.8 Å². The van der Waals surface area contributed by atoms with Gasteiger partial charge in [-0.15, -0.1) is 0 Å². The van der Waals surface area contributed by atoms with Crippen LogP contribution in [0, 0.1) is 0 Å². The van der Waals surface area contributed by atoms with E-state index in [2.05, 4.69) is 11.4 Å². The highest BCUT2D eigenvalue weighted by Gasteiger charge is 1.93. The molecule has 3 nitrogen and oxygen atoms in total. The lowest BCUT2D eigenvalue weighted by atomic mass is 10.8. The molecule has 3 heteroatoms. The van der Waals surface area contributed by atoms with E-state index >= 15 is 0 Å². The van der Waals surface area contributed by atoms with Crippen molar-refractivity contribution in [2.75, 3.05) is 13.7 Å². The first kappa shape index (κ1) is 7.46.